The third kappa shape index (κ3) is 3.79. The Morgan fingerprint density at radius 1 is 1.65 bits per heavy atom. The molecule has 0 radical (unpaired) electrons. The van der Waals surface area contributed by atoms with Crippen LogP contribution < -0.4 is 0 Å². The van der Waals surface area contributed by atoms with Gasteiger partial charge in [0, 0.05) is 18.0 Å². The molecule has 1 N–H and O–H groups in total. The van der Waals surface area contributed by atoms with Gasteiger partial charge in [0.05, 0.1) is 9.70 Å². The van der Waals surface area contributed by atoms with Crippen LogP contribution in [0.15, 0.2) is 15.9 Å². The maximum absolute atomic E-state index is 10.7. The number of likely N-dealkylation sites (N-methyl/N-ethyl adjacent to an activating group) is 1. The van der Waals surface area contributed by atoms with Crippen LogP contribution in [0.4, 0.5) is 0 Å². The molecule has 1 aromatic heterocycles. The maximum Gasteiger partial charge on any atom is 0.306 e. The van der Waals surface area contributed by atoms with E-state index in [2.05, 4.69) is 40.0 Å². The molecule has 5 heteroatoms. The van der Waals surface area contributed by atoms with Crippen molar-refractivity contribution in [2.24, 2.45) is 11.8 Å². The molecule has 0 spiro atoms. The molecule has 0 aromatic carbocycles. The fraction of sp³-hybridized carbons (Fsp3) is 0.583. The number of carbonyl (C=O) groups is 1. The number of carboxylic acid groups (broad SMARTS) is 1. The third-order valence-electron chi connectivity index (χ3n) is 3.15. The van der Waals surface area contributed by atoms with Crippen LogP contribution >= 0.6 is 27.3 Å². The Morgan fingerprint density at radius 2 is 2.41 bits per heavy atom. The Hall–Kier alpha value is -0.390. The van der Waals surface area contributed by atoms with E-state index in [1.54, 1.807) is 11.3 Å². The SMILES string of the molecule is CN(CCc1ccc(Br)s1)CC1CC1C(=O)O. The topological polar surface area (TPSA) is 40.5 Å². The number of thiophene rings is 1. The van der Waals surface area contributed by atoms with E-state index in [1.807, 2.05) is 0 Å². The predicted molar refractivity (Wildman–Crippen MR) is 72.5 cm³/mol. The predicted octanol–water partition coefficient (Wildman–Crippen LogP) is 2.71. The molecule has 0 aliphatic heterocycles. The zero-order valence-electron chi connectivity index (χ0n) is 9.73. The molecule has 1 aliphatic rings. The smallest absolute Gasteiger partial charge is 0.306 e. The second-order valence-corrected chi connectivity index (χ2v) is 7.21. The van der Waals surface area contributed by atoms with Gasteiger partial charge < -0.3 is 10.0 Å². The molecule has 0 bridgehead atoms. The summed E-state index contributed by atoms with van der Waals surface area (Å²) in [5.74, 6) is -0.355. The van der Waals surface area contributed by atoms with Crippen molar-refractivity contribution < 1.29 is 9.90 Å². The second kappa shape index (κ2) is 5.50. The average Bonchev–Trinajstić information content (AvgIpc) is 2.90. The monoisotopic (exact) mass is 317 g/mol. The van der Waals surface area contributed by atoms with Crippen molar-refractivity contribution in [1.82, 2.24) is 4.90 Å². The van der Waals surface area contributed by atoms with Crippen LogP contribution in [0.1, 0.15) is 11.3 Å². The Morgan fingerprint density at radius 3 is 2.94 bits per heavy atom. The van der Waals surface area contributed by atoms with Crippen LogP contribution in [0.25, 0.3) is 0 Å². The minimum atomic E-state index is -0.634. The van der Waals surface area contributed by atoms with Crippen molar-refractivity contribution >= 4 is 33.2 Å². The van der Waals surface area contributed by atoms with Gasteiger partial charge in [-0.3, -0.25) is 4.79 Å². The Labute approximate surface area is 114 Å². The van der Waals surface area contributed by atoms with E-state index in [0.29, 0.717) is 5.92 Å². The number of rotatable bonds is 6. The van der Waals surface area contributed by atoms with E-state index in [-0.39, 0.29) is 5.92 Å². The molecule has 17 heavy (non-hydrogen) atoms. The highest BCUT2D eigenvalue weighted by Gasteiger charge is 2.43. The van der Waals surface area contributed by atoms with Crippen molar-refractivity contribution in [3.05, 3.63) is 20.8 Å². The lowest BCUT2D eigenvalue weighted by molar-refractivity contribution is -0.138. The molecule has 0 amide bonds. The number of nitrogens with zero attached hydrogens (tertiary/aromatic N) is 1. The first-order valence-electron chi connectivity index (χ1n) is 5.72. The molecule has 2 atom stereocenters. The average molecular weight is 318 g/mol. The van der Waals surface area contributed by atoms with Gasteiger partial charge in [0.25, 0.3) is 0 Å². The van der Waals surface area contributed by atoms with Gasteiger partial charge in [0.15, 0.2) is 0 Å². The van der Waals surface area contributed by atoms with Crippen LogP contribution in [-0.4, -0.2) is 36.1 Å². The van der Waals surface area contributed by atoms with Gasteiger partial charge in [0.1, 0.15) is 0 Å². The highest BCUT2D eigenvalue weighted by molar-refractivity contribution is 9.11. The Balaban J connectivity index is 1.68. The highest BCUT2D eigenvalue weighted by Crippen LogP contribution is 2.38. The van der Waals surface area contributed by atoms with E-state index >= 15 is 0 Å². The lowest BCUT2D eigenvalue weighted by Gasteiger charge is -2.15. The van der Waals surface area contributed by atoms with Gasteiger partial charge in [0.2, 0.25) is 0 Å². The molecule has 1 fully saturated rings. The number of hydrogen-bond acceptors (Lipinski definition) is 3. The van der Waals surface area contributed by atoms with Gasteiger partial charge >= 0.3 is 5.97 Å². The molecule has 1 aliphatic carbocycles. The largest absolute Gasteiger partial charge is 0.481 e. The normalized spacial score (nSPS) is 23.0. The second-order valence-electron chi connectivity index (χ2n) is 4.66. The number of aliphatic carboxylic acids is 1. The Kier molecular flexibility index (Phi) is 4.22. The summed E-state index contributed by atoms with van der Waals surface area (Å²) in [6.45, 7) is 1.90. The summed E-state index contributed by atoms with van der Waals surface area (Å²) >= 11 is 5.22. The molecule has 1 heterocycles. The van der Waals surface area contributed by atoms with Crippen molar-refractivity contribution in [2.75, 3.05) is 20.1 Å². The van der Waals surface area contributed by atoms with Gasteiger partial charge in [-0.25, -0.2) is 0 Å². The first-order chi connectivity index (χ1) is 8.06. The van der Waals surface area contributed by atoms with Crippen molar-refractivity contribution in [2.45, 2.75) is 12.8 Å². The third-order valence-corrected chi connectivity index (χ3v) is 4.84. The zero-order chi connectivity index (χ0) is 12.4. The van der Waals surface area contributed by atoms with E-state index in [9.17, 15) is 4.79 Å². The lowest BCUT2D eigenvalue weighted by atomic mass is 10.3. The summed E-state index contributed by atoms with van der Waals surface area (Å²) in [6, 6.07) is 4.21. The number of halogens is 1. The minimum Gasteiger partial charge on any atom is -0.481 e. The van der Waals surface area contributed by atoms with Crippen LogP contribution in [0.3, 0.4) is 0 Å². The van der Waals surface area contributed by atoms with Crippen LogP contribution in [0, 0.1) is 11.8 Å². The highest BCUT2D eigenvalue weighted by atomic mass is 79.9. The lowest BCUT2D eigenvalue weighted by Crippen LogP contribution is -2.24. The summed E-state index contributed by atoms with van der Waals surface area (Å²) in [5, 5.41) is 8.83. The summed E-state index contributed by atoms with van der Waals surface area (Å²) in [5.41, 5.74) is 0. The molecule has 0 saturated heterocycles. The zero-order valence-corrected chi connectivity index (χ0v) is 12.1. The fourth-order valence-corrected chi connectivity index (χ4v) is 3.50. The first kappa shape index (κ1) is 13.1. The molecule has 1 aromatic rings. The molecule has 94 valence electrons. The molecule has 1 saturated carbocycles. The van der Waals surface area contributed by atoms with E-state index in [4.69, 9.17) is 5.11 Å². The fourth-order valence-electron chi connectivity index (χ4n) is 2.03. The first-order valence-corrected chi connectivity index (χ1v) is 7.33. The van der Waals surface area contributed by atoms with Crippen molar-refractivity contribution in [1.29, 1.82) is 0 Å². The van der Waals surface area contributed by atoms with Crippen molar-refractivity contribution in [3.63, 3.8) is 0 Å². The van der Waals surface area contributed by atoms with E-state index < -0.39 is 5.97 Å². The van der Waals surface area contributed by atoms with Gasteiger partial charge in [-0.1, -0.05) is 0 Å². The summed E-state index contributed by atoms with van der Waals surface area (Å²) in [4.78, 5) is 14.3. The summed E-state index contributed by atoms with van der Waals surface area (Å²) in [6.07, 6.45) is 1.89. The summed E-state index contributed by atoms with van der Waals surface area (Å²) in [7, 11) is 2.07. The van der Waals surface area contributed by atoms with Crippen LogP contribution in [-0.2, 0) is 11.2 Å². The van der Waals surface area contributed by atoms with E-state index in [1.165, 1.54) is 8.66 Å². The molecular formula is C12H16BrNO2S. The standard InChI is InChI=1S/C12H16BrNO2S/c1-14(7-8-6-10(8)12(15)16)5-4-9-2-3-11(13)17-9/h2-3,8,10H,4-7H2,1H3,(H,15,16). The van der Waals surface area contributed by atoms with Crippen LogP contribution in [0.5, 0.6) is 0 Å². The van der Waals surface area contributed by atoms with E-state index in [0.717, 1.165) is 25.9 Å². The molecular weight excluding hydrogens is 302 g/mol. The quantitative estimate of drug-likeness (QED) is 0.877. The Bertz CT molecular complexity index is 407. The summed E-state index contributed by atoms with van der Waals surface area (Å²) < 4.78 is 1.17. The maximum atomic E-state index is 10.7. The molecule has 2 unspecified atom stereocenters. The number of carboxylic acids is 1. The van der Waals surface area contributed by atoms with Crippen LogP contribution in [0.2, 0.25) is 0 Å². The van der Waals surface area contributed by atoms with Gasteiger partial charge in [-0.2, -0.15) is 0 Å². The van der Waals surface area contributed by atoms with Gasteiger partial charge in [-0.05, 0) is 53.9 Å². The van der Waals surface area contributed by atoms with Crippen molar-refractivity contribution in [3.8, 4) is 0 Å². The number of hydrogen-bond donors (Lipinski definition) is 1. The molecule has 3 nitrogen and oxygen atoms in total. The minimum absolute atomic E-state index is 0.0895. The van der Waals surface area contributed by atoms with Gasteiger partial charge in [-0.15, -0.1) is 11.3 Å². The molecule has 2 rings (SSSR count).